The van der Waals surface area contributed by atoms with Crippen molar-refractivity contribution >= 4 is 0 Å². The van der Waals surface area contributed by atoms with Gasteiger partial charge in [-0.25, -0.2) is 44.9 Å². The molecule has 0 amide bonds. The van der Waals surface area contributed by atoms with Gasteiger partial charge in [-0.1, -0.05) is 471 Å². The molecular formula is C123H103N9. The van der Waals surface area contributed by atoms with Crippen LogP contribution in [0, 0.1) is 0 Å². The summed E-state index contributed by atoms with van der Waals surface area (Å²) >= 11 is 0. The molecule has 19 aromatic rings. The van der Waals surface area contributed by atoms with E-state index in [0.717, 1.165) is 72.3 Å². The molecule has 3 heterocycles. The van der Waals surface area contributed by atoms with Crippen LogP contribution in [0.3, 0.4) is 0 Å². The number of fused-ring (bicyclic) bond motifs is 9. The summed E-state index contributed by atoms with van der Waals surface area (Å²) in [5.74, 6) is 5.98. The van der Waals surface area contributed by atoms with Crippen LogP contribution in [0.1, 0.15) is 116 Å². The van der Waals surface area contributed by atoms with Crippen molar-refractivity contribution < 1.29 is 0 Å². The van der Waals surface area contributed by atoms with E-state index in [2.05, 4.69) is 344 Å². The summed E-state index contributed by atoms with van der Waals surface area (Å²) in [6, 6.07) is 143. The van der Waals surface area contributed by atoms with Crippen LogP contribution in [0.5, 0.6) is 0 Å². The SMILES string of the molecule is CC1(C)c2ccccc2-c2cc(-c3ccccc3-c3nc(-c4ccccc4)nc(-c4ccccc4)n3)ccc2C1(C)C.CC1(C)c2ccccc2-c2cc(-c3nc(-c4ccccc4)nc(-c4ccc(-c5ccccc5)cc4)n3)ccc2C1(C)C.CC1(C)c2ccccc2-c2ccc(-c3ccccc3-c3ccc(-c4nc(-c5ccccc5)nc(-c5ccccc5)n4)cc3)cc2C1(C)C. The molecule has 0 unspecified atom stereocenters. The van der Waals surface area contributed by atoms with E-state index >= 15 is 0 Å². The summed E-state index contributed by atoms with van der Waals surface area (Å²) in [6.45, 7) is 28.5. The van der Waals surface area contributed by atoms with Crippen molar-refractivity contribution in [3.63, 3.8) is 0 Å². The van der Waals surface area contributed by atoms with Crippen molar-refractivity contribution in [2.75, 3.05) is 0 Å². The van der Waals surface area contributed by atoms with Crippen molar-refractivity contribution in [1.82, 2.24) is 44.9 Å². The van der Waals surface area contributed by atoms with Crippen LogP contribution in [0.25, 0.3) is 180 Å². The van der Waals surface area contributed by atoms with E-state index in [9.17, 15) is 0 Å². The monoisotopic (exact) mass is 1710 g/mol. The topological polar surface area (TPSA) is 116 Å². The van der Waals surface area contributed by atoms with Crippen LogP contribution in [0.2, 0.25) is 0 Å². The molecule has 22 rings (SSSR count). The molecule has 0 fully saturated rings. The number of hydrogen-bond acceptors (Lipinski definition) is 9. The highest BCUT2D eigenvalue weighted by Crippen LogP contribution is 2.58. The van der Waals surface area contributed by atoms with E-state index in [1.165, 1.54) is 89.0 Å². The van der Waals surface area contributed by atoms with Gasteiger partial charge in [0.2, 0.25) is 0 Å². The van der Waals surface area contributed by atoms with Crippen LogP contribution in [-0.2, 0) is 32.5 Å². The van der Waals surface area contributed by atoms with Crippen LogP contribution in [0.15, 0.2) is 406 Å². The minimum absolute atomic E-state index is 0.00255. The molecule has 0 bridgehead atoms. The highest BCUT2D eigenvalue weighted by Gasteiger charge is 2.49. The van der Waals surface area contributed by atoms with Crippen molar-refractivity contribution in [2.24, 2.45) is 0 Å². The lowest BCUT2D eigenvalue weighted by Gasteiger charge is -2.48. The fraction of sp³-hybridized carbons (Fsp3) is 0.146. The molecule has 132 heavy (non-hydrogen) atoms. The van der Waals surface area contributed by atoms with Gasteiger partial charge in [-0.15, -0.1) is 0 Å². The summed E-state index contributed by atoms with van der Waals surface area (Å²) < 4.78 is 0. The van der Waals surface area contributed by atoms with Gasteiger partial charge < -0.3 is 0 Å². The maximum Gasteiger partial charge on any atom is 0.164 e. The van der Waals surface area contributed by atoms with E-state index in [0.29, 0.717) is 52.4 Å². The van der Waals surface area contributed by atoms with Gasteiger partial charge >= 0.3 is 0 Å². The molecule has 0 spiro atoms. The van der Waals surface area contributed by atoms with E-state index in [4.69, 9.17) is 44.9 Å². The Morgan fingerprint density at radius 2 is 0.303 bits per heavy atom. The number of hydrogen-bond donors (Lipinski definition) is 0. The molecule has 16 aromatic carbocycles. The van der Waals surface area contributed by atoms with E-state index in [-0.39, 0.29) is 32.5 Å². The number of aromatic nitrogens is 9. The molecule has 9 heteroatoms. The Morgan fingerprint density at radius 3 is 0.659 bits per heavy atom. The second-order valence-corrected chi connectivity index (χ2v) is 38.0. The van der Waals surface area contributed by atoms with Crippen molar-refractivity contribution in [2.45, 2.75) is 116 Å². The second kappa shape index (κ2) is 34.2. The average molecular weight is 1710 g/mol. The molecule has 0 saturated carbocycles. The third kappa shape index (κ3) is 15.4. The summed E-state index contributed by atoms with van der Waals surface area (Å²) in [5.41, 5.74) is 34.1. The number of benzene rings is 16. The first-order chi connectivity index (χ1) is 64.0. The summed E-state index contributed by atoms with van der Waals surface area (Å²) in [7, 11) is 0. The summed E-state index contributed by atoms with van der Waals surface area (Å²) in [4.78, 5) is 44.7. The second-order valence-electron chi connectivity index (χ2n) is 38.0. The van der Waals surface area contributed by atoms with Gasteiger partial charge in [-0.2, -0.15) is 0 Å². The van der Waals surface area contributed by atoms with E-state index in [1.54, 1.807) is 0 Å². The summed E-state index contributed by atoms with van der Waals surface area (Å²) in [6.07, 6.45) is 0. The molecule has 3 aliphatic carbocycles. The van der Waals surface area contributed by atoms with Crippen molar-refractivity contribution in [3.05, 3.63) is 440 Å². The smallest absolute Gasteiger partial charge is 0.164 e. The lowest BCUT2D eigenvalue weighted by Crippen LogP contribution is -2.43. The molecule has 640 valence electrons. The van der Waals surface area contributed by atoms with Crippen LogP contribution in [0.4, 0.5) is 0 Å². The van der Waals surface area contributed by atoms with Gasteiger partial charge in [0.15, 0.2) is 52.4 Å². The predicted molar refractivity (Wildman–Crippen MR) is 545 cm³/mol. The standard InChI is InChI=1S/C45H37N3.2C39H33N3/c1-44(2)39-22-14-13-21-37(39)38-28-27-34(29-40(38)45(44,3)4)36-20-12-11-19-35(36)30-23-25-33(26-24-30)43-47-41(31-15-7-5-8-16-31)46-42(48-43)32-17-9-6-10-18-32;1-38(2)33-22-14-13-20-30(33)32-25-28(23-24-34(32)39(38,3)4)29-19-11-12-21-31(29)37-41-35(26-15-7-5-8-16-26)40-36(42-37)27-17-9-6-10-18-27;1-38(2)33-18-12-11-17-31(33)32-25-30(23-24-34(32)39(38,3)4)37-41-35(28-15-9-6-10-16-28)40-36(42-37)29-21-19-27(20-22-29)26-13-7-5-8-14-26/h5-29H,1-4H3;2*5-25H,1-4H3. The molecule has 0 atom stereocenters. The quantitative estimate of drug-likeness (QED) is 0.111. The fourth-order valence-electron chi connectivity index (χ4n) is 19.6. The van der Waals surface area contributed by atoms with Crippen molar-refractivity contribution in [1.29, 1.82) is 0 Å². The lowest BCUT2D eigenvalue weighted by molar-refractivity contribution is 0.299. The highest BCUT2D eigenvalue weighted by molar-refractivity contribution is 5.91. The van der Waals surface area contributed by atoms with Gasteiger partial charge in [0.25, 0.3) is 0 Å². The Bertz CT molecular complexity index is 7400. The maximum absolute atomic E-state index is 5.05. The van der Waals surface area contributed by atoms with Gasteiger partial charge in [0, 0.05) is 50.1 Å². The Kier molecular flexibility index (Phi) is 21.9. The van der Waals surface area contributed by atoms with Gasteiger partial charge in [-0.05, 0) is 162 Å². The van der Waals surface area contributed by atoms with Crippen molar-refractivity contribution in [3.8, 4) is 180 Å². The Balaban J connectivity index is 0.000000124. The first kappa shape index (κ1) is 84.7. The van der Waals surface area contributed by atoms with Crippen LogP contribution >= 0.6 is 0 Å². The fourth-order valence-corrected chi connectivity index (χ4v) is 19.6. The first-order valence-electron chi connectivity index (χ1n) is 45.7. The highest BCUT2D eigenvalue weighted by atomic mass is 15.1. The lowest BCUT2D eigenvalue weighted by atomic mass is 9.55. The minimum Gasteiger partial charge on any atom is -0.208 e. The third-order valence-corrected chi connectivity index (χ3v) is 29.2. The van der Waals surface area contributed by atoms with E-state index in [1.807, 2.05) is 146 Å². The number of rotatable bonds is 13. The normalized spacial score (nSPS) is 14.4. The maximum atomic E-state index is 5.05. The van der Waals surface area contributed by atoms with Crippen LogP contribution < -0.4 is 0 Å². The predicted octanol–water partition coefficient (Wildman–Crippen LogP) is 31.0. The molecule has 3 aliphatic rings. The molecule has 0 N–H and O–H groups in total. The molecule has 0 radical (unpaired) electrons. The van der Waals surface area contributed by atoms with Crippen LogP contribution in [-0.4, -0.2) is 44.9 Å². The molecular weight excluding hydrogens is 1600 g/mol. The average Bonchev–Trinajstić information content (AvgIpc) is 0.718. The molecule has 9 nitrogen and oxygen atoms in total. The van der Waals surface area contributed by atoms with Gasteiger partial charge in [-0.3, -0.25) is 0 Å². The zero-order valence-corrected chi connectivity index (χ0v) is 76.7. The largest absolute Gasteiger partial charge is 0.208 e. The molecule has 3 aromatic heterocycles. The van der Waals surface area contributed by atoms with Gasteiger partial charge in [0.1, 0.15) is 0 Å². The Hall–Kier alpha value is -15.5. The molecule has 0 aliphatic heterocycles. The first-order valence-corrected chi connectivity index (χ1v) is 45.7. The Labute approximate surface area is 775 Å². The molecule has 0 saturated heterocycles. The third-order valence-electron chi connectivity index (χ3n) is 29.2. The zero-order chi connectivity index (χ0) is 90.7. The minimum atomic E-state index is -0.0506. The summed E-state index contributed by atoms with van der Waals surface area (Å²) in [5, 5.41) is 0. The zero-order valence-electron chi connectivity index (χ0n) is 76.7. The number of nitrogens with zero attached hydrogens (tertiary/aromatic N) is 9. The van der Waals surface area contributed by atoms with E-state index < -0.39 is 0 Å². The Morgan fingerprint density at radius 1 is 0.114 bits per heavy atom. The van der Waals surface area contributed by atoms with Gasteiger partial charge in [0.05, 0.1) is 0 Å².